The third-order valence-corrected chi connectivity index (χ3v) is 4.14. The van der Waals surface area contributed by atoms with Crippen LogP contribution in [0.2, 0.25) is 5.02 Å². The van der Waals surface area contributed by atoms with Crippen LogP contribution in [0.4, 0.5) is 24.5 Å². The van der Waals surface area contributed by atoms with Gasteiger partial charge in [0.1, 0.15) is 0 Å². The number of alkyl halides is 3. The minimum Gasteiger partial charge on any atom is -0.326 e. The van der Waals surface area contributed by atoms with Crippen molar-refractivity contribution in [3.05, 3.63) is 58.6 Å². The molecule has 144 valence electrons. The fraction of sp³-hybridized carbons (Fsp3) is 0.263. The predicted octanol–water partition coefficient (Wildman–Crippen LogP) is 5.05. The van der Waals surface area contributed by atoms with Gasteiger partial charge in [-0.2, -0.15) is 13.2 Å². The zero-order valence-corrected chi connectivity index (χ0v) is 15.5. The van der Waals surface area contributed by atoms with Crippen LogP contribution >= 0.6 is 11.6 Å². The fourth-order valence-corrected chi connectivity index (χ4v) is 2.75. The van der Waals surface area contributed by atoms with Gasteiger partial charge in [0.15, 0.2) is 0 Å². The molecular formula is C19H18ClF3N2O2. The number of benzene rings is 2. The molecule has 0 aliphatic heterocycles. The fourth-order valence-electron chi connectivity index (χ4n) is 2.52. The van der Waals surface area contributed by atoms with E-state index in [9.17, 15) is 22.8 Å². The minimum atomic E-state index is -4.62. The summed E-state index contributed by atoms with van der Waals surface area (Å²) in [6.45, 7) is 3.37. The highest BCUT2D eigenvalue weighted by Gasteiger charge is 2.33. The van der Waals surface area contributed by atoms with Crippen molar-refractivity contribution in [2.24, 2.45) is 0 Å². The zero-order valence-electron chi connectivity index (χ0n) is 14.7. The van der Waals surface area contributed by atoms with Crippen molar-refractivity contribution in [2.45, 2.75) is 26.4 Å². The lowest BCUT2D eigenvalue weighted by molar-refractivity contribution is -0.137. The number of aryl methyl sites for hydroxylation is 1. The molecule has 2 aromatic rings. The Morgan fingerprint density at radius 2 is 1.85 bits per heavy atom. The molecule has 0 aliphatic rings. The Morgan fingerprint density at radius 1 is 1.15 bits per heavy atom. The molecule has 0 radical (unpaired) electrons. The van der Waals surface area contributed by atoms with Crippen molar-refractivity contribution in [2.75, 3.05) is 16.8 Å². The summed E-state index contributed by atoms with van der Waals surface area (Å²) >= 11 is 5.56. The van der Waals surface area contributed by atoms with Gasteiger partial charge in [0, 0.05) is 31.3 Å². The van der Waals surface area contributed by atoms with Gasteiger partial charge in [-0.25, -0.2) is 0 Å². The Labute approximate surface area is 159 Å². The van der Waals surface area contributed by atoms with Crippen LogP contribution < -0.4 is 10.2 Å². The average Bonchev–Trinajstić information content (AvgIpc) is 2.55. The second-order valence-electron chi connectivity index (χ2n) is 6.00. The number of carbonyl (C=O) groups excluding carboxylic acids is 2. The molecule has 27 heavy (non-hydrogen) atoms. The van der Waals surface area contributed by atoms with Crippen molar-refractivity contribution in [3.8, 4) is 0 Å². The molecule has 0 spiro atoms. The van der Waals surface area contributed by atoms with Gasteiger partial charge < -0.3 is 10.2 Å². The standard InChI is InChI=1S/C19H18ClF3N2O2/c1-12-4-3-5-15(10-12)25(13(2)26)9-8-18(27)24-14-6-7-17(20)16(11-14)19(21,22)23/h3-7,10-11H,8-9H2,1-2H3,(H,24,27). The smallest absolute Gasteiger partial charge is 0.326 e. The van der Waals surface area contributed by atoms with Gasteiger partial charge >= 0.3 is 6.18 Å². The quantitative estimate of drug-likeness (QED) is 0.766. The van der Waals surface area contributed by atoms with E-state index in [1.54, 1.807) is 12.1 Å². The number of carbonyl (C=O) groups is 2. The number of hydrogen-bond donors (Lipinski definition) is 1. The monoisotopic (exact) mass is 398 g/mol. The van der Waals surface area contributed by atoms with Crippen LogP contribution in [0, 0.1) is 6.92 Å². The third kappa shape index (κ3) is 5.72. The number of rotatable bonds is 5. The minimum absolute atomic E-state index is 0.0124. The lowest BCUT2D eigenvalue weighted by Crippen LogP contribution is -2.32. The Hall–Kier alpha value is -2.54. The summed E-state index contributed by atoms with van der Waals surface area (Å²) in [5.74, 6) is -0.747. The second kappa shape index (κ2) is 8.43. The highest BCUT2D eigenvalue weighted by atomic mass is 35.5. The summed E-state index contributed by atoms with van der Waals surface area (Å²) < 4.78 is 38.7. The maximum Gasteiger partial charge on any atom is 0.417 e. The van der Waals surface area contributed by atoms with Gasteiger partial charge in [-0.15, -0.1) is 0 Å². The van der Waals surface area contributed by atoms with E-state index in [1.165, 1.54) is 17.9 Å². The Kier molecular flexibility index (Phi) is 6.49. The third-order valence-electron chi connectivity index (χ3n) is 3.81. The molecule has 4 nitrogen and oxygen atoms in total. The first kappa shape index (κ1) is 20.8. The molecule has 0 fully saturated rings. The van der Waals surface area contributed by atoms with Crippen LogP contribution in [0.3, 0.4) is 0 Å². The molecule has 2 aromatic carbocycles. The van der Waals surface area contributed by atoms with Crippen molar-refractivity contribution < 1.29 is 22.8 Å². The van der Waals surface area contributed by atoms with Gasteiger partial charge in [0.2, 0.25) is 11.8 Å². The van der Waals surface area contributed by atoms with Gasteiger partial charge in [-0.3, -0.25) is 9.59 Å². The molecule has 0 saturated heterocycles. The second-order valence-corrected chi connectivity index (χ2v) is 6.41. The zero-order chi connectivity index (χ0) is 20.2. The highest BCUT2D eigenvalue weighted by Crippen LogP contribution is 2.36. The van der Waals surface area contributed by atoms with E-state index in [-0.39, 0.29) is 24.6 Å². The van der Waals surface area contributed by atoms with Crippen LogP contribution in [0.5, 0.6) is 0 Å². The van der Waals surface area contributed by atoms with E-state index < -0.39 is 22.7 Å². The number of amides is 2. The van der Waals surface area contributed by atoms with Gasteiger partial charge in [0.05, 0.1) is 10.6 Å². The summed E-state index contributed by atoms with van der Waals surface area (Å²) in [6.07, 6.45) is -4.69. The Bertz CT molecular complexity index is 853. The first-order valence-electron chi connectivity index (χ1n) is 8.09. The molecule has 2 amide bonds. The lowest BCUT2D eigenvalue weighted by Gasteiger charge is -2.21. The normalized spacial score (nSPS) is 11.2. The van der Waals surface area contributed by atoms with Crippen LogP contribution in [0.15, 0.2) is 42.5 Å². The Balaban J connectivity index is 2.06. The predicted molar refractivity (Wildman–Crippen MR) is 98.9 cm³/mol. The van der Waals surface area contributed by atoms with E-state index in [4.69, 9.17) is 11.6 Å². The van der Waals surface area contributed by atoms with E-state index in [0.717, 1.165) is 17.7 Å². The van der Waals surface area contributed by atoms with Gasteiger partial charge in [-0.1, -0.05) is 23.7 Å². The molecule has 8 heteroatoms. The van der Waals surface area contributed by atoms with Crippen molar-refractivity contribution >= 4 is 34.8 Å². The van der Waals surface area contributed by atoms with E-state index in [1.807, 2.05) is 19.1 Å². The van der Waals surface area contributed by atoms with E-state index in [0.29, 0.717) is 5.69 Å². The summed E-state index contributed by atoms with van der Waals surface area (Å²) in [7, 11) is 0. The molecule has 0 bridgehead atoms. The van der Waals surface area contributed by atoms with Crippen molar-refractivity contribution in [1.82, 2.24) is 0 Å². The highest BCUT2D eigenvalue weighted by molar-refractivity contribution is 6.31. The van der Waals surface area contributed by atoms with E-state index >= 15 is 0 Å². The van der Waals surface area contributed by atoms with Crippen LogP contribution in [-0.4, -0.2) is 18.4 Å². The van der Waals surface area contributed by atoms with Gasteiger partial charge in [-0.05, 0) is 42.8 Å². The largest absolute Gasteiger partial charge is 0.417 e. The number of nitrogens with zero attached hydrogens (tertiary/aromatic N) is 1. The summed E-state index contributed by atoms with van der Waals surface area (Å²) in [6, 6.07) is 10.4. The van der Waals surface area contributed by atoms with Crippen LogP contribution in [-0.2, 0) is 15.8 Å². The topological polar surface area (TPSA) is 49.4 Å². The Morgan fingerprint density at radius 3 is 2.44 bits per heavy atom. The first-order chi connectivity index (χ1) is 12.6. The number of anilines is 2. The summed E-state index contributed by atoms with van der Waals surface area (Å²) in [5, 5.41) is 1.96. The molecule has 2 rings (SSSR count). The molecule has 0 heterocycles. The number of halogens is 4. The van der Waals surface area contributed by atoms with Crippen molar-refractivity contribution in [1.29, 1.82) is 0 Å². The van der Waals surface area contributed by atoms with Crippen molar-refractivity contribution in [3.63, 3.8) is 0 Å². The molecule has 1 N–H and O–H groups in total. The molecule has 0 unspecified atom stereocenters. The maximum absolute atomic E-state index is 12.9. The molecule has 0 aliphatic carbocycles. The van der Waals surface area contributed by atoms with Crippen LogP contribution in [0.25, 0.3) is 0 Å². The molecule has 0 aromatic heterocycles. The number of hydrogen-bond acceptors (Lipinski definition) is 2. The summed E-state index contributed by atoms with van der Waals surface area (Å²) in [5.41, 5.74) is 0.582. The lowest BCUT2D eigenvalue weighted by atomic mass is 10.2. The average molecular weight is 399 g/mol. The summed E-state index contributed by atoms with van der Waals surface area (Å²) in [4.78, 5) is 25.4. The van der Waals surface area contributed by atoms with Crippen LogP contribution in [0.1, 0.15) is 24.5 Å². The molecular weight excluding hydrogens is 381 g/mol. The number of nitrogens with one attached hydrogen (secondary N) is 1. The van der Waals surface area contributed by atoms with Gasteiger partial charge in [0.25, 0.3) is 0 Å². The molecule has 0 atom stereocenters. The SMILES string of the molecule is CC(=O)N(CCC(=O)Nc1ccc(Cl)c(C(F)(F)F)c1)c1cccc(C)c1. The molecule has 0 saturated carbocycles. The first-order valence-corrected chi connectivity index (χ1v) is 8.47. The van der Waals surface area contributed by atoms with E-state index in [2.05, 4.69) is 5.32 Å². The maximum atomic E-state index is 12.9.